The largest absolute Gasteiger partial charge is 0.454 e. The van der Waals surface area contributed by atoms with Crippen LogP contribution in [0.25, 0.3) is 0 Å². The predicted molar refractivity (Wildman–Crippen MR) is 134 cm³/mol. The third-order valence-corrected chi connectivity index (χ3v) is 7.20. The lowest BCUT2D eigenvalue weighted by molar-refractivity contribution is -0.0606. The van der Waals surface area contributed by atoms with Crippen molar-refractivity contribution in [2.75, 3.05) is 53.7 Å². The number of ether oxygens (including phenoxy) is 2. The van der Waals surface area contributed by atoms with Crippen molar-refractivity contribution in [1.82, 2.24) is 14.7 Å². The molecule has 2 saturated heterocycles. The minimum absolute atomic E-state index is 0.0165. The van der Waals surface area contributed by atoms with Gasteiger partial charge in [-0.2, -0.15) is 0 Å². The van der Waals surface area contributed by atoms with Crippen molar-refractivity contribution in [2.24, 2.45) is 0 Å². The van der Waals surface area contributed by atoms with Crippen molar-refractivity contribution in [3.63, 3.8) is 0 Å². The first-order valence-electron chi connectivity index (χ1n) is 12.3. The zero-order valence-corrected chi connectivity index (χ0v) is 20.4. The zero-order chi connectivity index (χ0) is 24.4. The van der Waals surface area contributed by atoms with E-state index in [2.05, 4.69) is 41.0 Å². The normalized spacial score (nSPS) is 23.5. The minimum atomic E-state index is 0.0165. The molecular formula is C28H33N3O4. The van der Waals surface area contributed by atoms with Crippen LogP contribution in [0.15, 0.2) is 42.5 Å². The van der Waals surface area contributed by atoms with E-state index >= 15 is 0 Å². The molecule has 184 valence electrons. The zero-order valence-electron chi connectivity index (χ0n) is 20.4. The van der Waals surface area contributed by atoms with Crippen LogP contribution in [0.3, 0.4) is 0 Å². The Labute approximate surface area is 207 Å². The Bertz CT molecular complexity index is 1120. The van der Waals surface area contributed by atoms with Gasteiger partial charge in [0.15, 0.2) is 11.5 Å². The molecule has 2 aromatic carbocycles. The van der Waals surface area contributed by atoms with E-state index in [1.165, 1.54) is 5.56 Å². The van der Waals surface area contributed by atoms with E-state index in [0.29, 0.717) is 23.6 Å². The number of fused-ring (bicyclic) bond motifs is 2. The number of carbonyl (C=O) groups excluding carboxylic acids is 1. The lowest BCUT2D eigenvalue weighted by Crippen LogP contribution is -2.67. The fourth-order valence-corrected chi connectivity index (χ4v) is 5.43. The summed E-state index contributed by atoms with van der Waals surface area (Å²) in [4.78, 5) is 19.9. The molecule has 7 heteroatoms. The van der Waals surface area contributed by atoms with Crippen molar-refractivity contribution >= 4 is 5.91 Å². The number of aliphatic hydroxyl groups excluding tert-OH is 1. The van der Waals surface area contributed by atoms with Crippen LogP contribution in [-0.2, 0) is 0 Å². The van der Waals surface area contributed by atoms with E-state index in [1.54, 1.807) is 6.07 Å². The van der Waals surface area contributed by atoms with E-state index in [4.69, 9.17) is 9.47 Å². The molecule has 3 aliphatic heterocycles. The second kappa shape index (κ2) is 10.3. The van der Waals surface area contributed by atoms with Crippen LogP contribution in [0, 0.1) is 11.8 Å². The molecule has 3 atom stereocenters. The summed E-state index contributed by atoms with van der Waals surface area (Å²) in [6, 6.07) is 14.1. The SMILES string of the molecule is CN(C)CC#Cc1ccc([C@@H]2[C@H]3CN(C(=O)c4ccc5c(c4)OCO5)CCCCN3[C@H]2CO)cc1. The molecule has 1 amide bonds. The molecule has 2 aromatic rings. The monoisotopic (exact) mass is 475 g/mol. The molecule has 3 aliphatic rings. The summed E-state index contributed by atoms with van der Waals surface area (Å²) in [5.41, 5.74) is 2.81. The maximum absolute atomic E-state index is 13.5. The van der Waals surface area contributed by atoms with Crippen LogP contribution < -0.4 is 9.47 Å². The molecule has 35 heavy (non-hydrogen) atoms. The topological polar surface area (TPSA) is 65.5 Å². The fraction of sp³-hybridized carbons (Fsp3) is 0.464. The standard InChI is InChI=1S/C28H33N3O4/c1-29(2)13-5-6-20-7-9-21(10-8-20)27-23-17-30(14-3-4-15-31(23)24(27)18-32)28(33)22-11-12-25-26(16-22)35-19-34-25/h7-12,16,23-24,27,32H,3-4,13-15,17-19H2,1-2H3/t23-,24+,27-/m1/s1. The van der Waals surface area contributed by atoms with Gasteiger partial charge in [-0.15, -0.1) is 0 Å². The molecule has 0 spiro atoms. The summed E-state index contributed by atoms with van der Waals surface area (Å²) >= 11 is 0. The van der Waals surface area contributed by atoms with Gasteiger partial charge in [-0.25, -0.2) is 0 Å². The highest BCUT2D eigenvalue weighted by atomic mass is 16.7. The van der Waals surface area contributed by atoms with Crippen molar-refractivity contribution in [2.45, 2.75) is 30.8 Å². The number of benzene rings is 2. The summed E-state index contributed by atoms with van der Waals surface area (Å²) in [6.07, 6.45) is 1.95. The first kappa shape index (κ1) is 23.7. The van der Waals surface area contributed by atoms with Gasteiger partial charge in [-0.3, -0.25) is 14.6 Å². The smallest absolute Gasteiger partial charge is 0.254 e. The molecule has 0 aliphatic carbocycles. The average molecular weight is 476 g/mol. The van der Waals surface area contributed by atoms with E-state index in [1.807, 2.05) is 36.0 Å². The second-order valence-corrected chi connectivity index (χ2v) is 9.77. The number of rotatable bonds is 4. The van der Waals surface area contributed by atoms with Crippen LogP contribution >= 0.6 is 0 Å². The molecular weight excluding hydrogens is 442 g/mol. The van der Waals surface area contributed by atoms with Crippen molar-refractivity contribution < 1.29 is 19.4 Å². The van der Waals surface area contributed by atoms with Gasteiger partial charge in [0.25, 0.3) is 5.91 Å². The maximum atomic E-state index is 13.5. The van der Waals surface area contributed by atoms with Crippen LogP contribution in [0.1, 0.15) is 40.2 Å². The highest BCUT2D eigenvalue weighted by Crippen LogP contribution is 2.42. The Kier molecular flexibility index (Phi) is 6.96. The molecule has 0 aromatic heterocycles. The molecule has 2 fully saturated rings. The Morgan fingerprint density at radius 1 is 1.09 bits per heavy atom. The molecule has 7 nitrogen and oxygen atoms in total. The van der Waals surface area contributed by atoms with E-state index < -0.39 is 0 Å². The van der Waals surface area contributed by atoms with Gasteiger partial charge in [0.05, 0.1) is 13.2 Å². The molecule has 0 saturated carbocycles. The minimum Gasteiger partial charge on any atom is -0.454 e. The summed E-state index contributed by atoms with van der Waals surface area (Å²) in [7, 11) is 4.01. The molecule has 3 heterocycles. The van der Waals surface area contributed by atoms with Crippen molar-refractivity contribution in [3.8, 4) is 23.3 Å². The summed E-state index contributed by atoms with van der Waals surface area (Å²) in [5, 5.41) is 10.2. The van der Waals surface area contributed by atoms with Crippen LogP contribution in [0.2, 0.25) is 0 Å². The summed E-state index contributed by atoms with van der Waals surface area (Å²) in [5.74, 6) is 7.88. The Balaban J connectivity index is 1.34. The first-order valence-corrected chi connectivity index (χ1v) is 12.3. The predicted octanol–water partition coefficient (Wildman–Crippen LogP) is 2.39. The maximum Gasteiger partial charge on any atom is 0.254 e. The van der Waals surface area contributed by atoms with E-state index in [9.17, 15) is 9.90 Å². The Hall–Kier alpha value is -3.05. The number of aliphatic hydroxyl groups is 1. The highest BCUT2D eigenvalue weighted by Gasteiger charge is 2.49. The average Bonchev–Trinajstić information content (AvgIpc) is 3.31. The molecule has 0 radical (unpaired) electrons. The van der Waals surface area contributed by atoms with Gasteiger partial charge in [-0.1, -0.05) is 24.0 Å². The third-order valence-electron chi connectivity index (χ3n) is 7.20. The Morgan fingerprint density at radius 3 is 2.63 bits per heavy atom. The van der Waals surface area contributed by atoms with Crippen LogP contribution in [0.4, 0.5) is 0 Å². The summed E-state index contributed by atoms with van der Waals surface area (Å²) < 4.78 is 10.9. The number of carbonyl (C=O) groups is 1. The molecule has 0 unspecified atom stereocenters. The highest BCUT2D eigenvalue weighted by molar-refractivity contribution is 5.95. The van der Waals surface area contributed by atoms with Crippen LogP contribution in [-0.4, -0.2) is 91.5 Å². The number of hydrogen-bond acceptors (Lipinski definition) is 6. The first-order chi connectivity index (χ1) is 17.0. The van der Waals surface area contributed by atoms with E-state index in [-0.39, 0.29) is 37.3 Å². The van der Waals surface area contributed by atoms with Gasteiger partial charge >= 0.3 is 0 Å². The number of amides is 1. The molecule has 0 bridgehead atoms. The lowest BCUT2D eigenvalue weighted by atomic mass is 9.74. The lowest BCUT2D eigenvalue weighted by Gasteiger charge is -2.57. The summed E-state index contributed by atoms with van der Waals surface area (Å²) in [6.45, 7) is 3.35. The van der Waals surface area contributed by atoms with Crippen LogP contribution in [0.5, 0.6) is 11.5 Å². The van der Waals surface area contributed by atoms with Gasteiger partial charge < -0.3 is 19.5 Å². The second-order valence-electron chi connectivity index (χ2n) is 9.77. The van der Waals surface area contributed by atoms with Gasteiger partial charge in [0.2, 0.25) is 6.79 Å². The quantitative estimate of drug-likeness (QED) is 0.686. The van der Waals surface area contributed by atoms with Crippen molar-refractivity contribution in [3.05, 3.63) is 59.2 Å². The van der Waals surface area contributed by atoms with Gasteiger partial charge in [-0.05, 0) is 69.4 Å². The number of nitrogens with zero attached hydrogens (tertiary/aromatic N) is 3. The molecule has 5 rings (SSSR count). The van der Waals surface area contributed by atoms with Gasteiger partial charge in [0, 0.05) is 42.2 Å². The van der Waals surface area contributed by atoms with Crippen molar-refractivity contribution in [1.29, 1.82) is 0 Å². The van der Waals surface area contributed by atoms with Gasteiger partial charge in [0.1, 0.15) is 0 Å². The Morgan fingerprint density at radius 2 is 1.86 bits per heavy atom. The molecule has 1 N–H and O–H groups in total. The number of hydrogen-bond donors (Lipinski definition) is 1. The third kappa shape index (κ3) is 4.87. The fourth-order valence-electron chi connectivity index (χ4n) is 5.43. The van der Waals surface area contributed by atoms with E-state index in [0.717, 1.165) is 38.0 Å².